The number of esters is 1. The van der Waals surface area contributed by atoms with Gasteiger partial charge in [-0.15, -0.1) is 0 Å². The van der Waals surface area contributed by atoms with E-state index in [1.54, 1.807) is 6.07 Å². The van der Waals surface area contributed by atoms with Crippen LogP contribution in [-0.2, 0) is 11.2 Å². The van der Waals surface area contributed by atoms with Gasteiger partial charge < -0.3 is 4.74 Å². The van der Waals surface area contributed by atoms with Crippen LogP contribution in [0.4, 0.5) is 0 Å². The molecule has 0 aliphatic carbocycles. The van der Waals surface area contributed by atoms with Gasteiger partial charge in [-0.1, -0.05) is 32.1 Å². The zero-order chi connectivity index (χ0) is 11.1. The van der Waals surface area contributed by atoms with Crippen molar-refractivity contribution in [2.24, 2.45) is 0 Å². The first-order valence-electron chi connectivity index (χ1n) is 5.19. The van der Waals surface area contributed by atoms with Crippen molar-refractivity contribution in [3.05, 3.63) is 42.5 Å². The first kappa shape index (κ1) is 11.5. The minimum atomic E-state index is -0.414. The Labute approximate surface area is 90.6 Å². The van der Waals surface area contributed by atoms with Gasteiger partial charge in [-0.25, -0.2) is 4.79 Å². The standard InChI is InChI=1S/C13H16O2/c1-3-5-7-11-8-6-9-12(10-11)15-13(14)4-2/h4,6,8-10H,2-3,5,7H2,1H3. The summed E-state index contributed by atoms with van der Waals surface area (Å²) >= 11 is 0. The van der Waals surface area contributed by atoms with Crippen LogP contribution in [0.25, 0.3) is 0 Å². The Hall–Kier alpha value is -1.57. The normalized spacial score (nSPS) is 9.67. The lowest BCUT2D eigenvalue weighted by Gasteiger charge is -2.04. The van der Waals surface area contributed by atoms with Gasteiger partial charge in [0.15, 0.2) is 0 Å². The Kier molecular flexibility index (Phi) is 4.61. The van der Waals surface area contributed by atoms with E-state index in [9.17, 15) is 4.79 Å². The van der Waals surface area contributed by atoms with E-state index in [-0.39, 0.29) is 0 Å². The first-order valence-corrected chi connectivity index (χ1v) is 5.19. The number of unbranched alkanes of at least 4 members (excludes halogenated alkanes) is 1. The molecule has 15 heavy (non-hydrogen) atoms. The largest absolute Gasteiger partial charge is 0.423 e. The summed E-state index contributed by atoms with van der Waals surface area (Å²) in [5.74, 6) is 0.177. The Balaban J connectivity index is 2.65. The number of ether oxygens (including phenoxy) is 1. The minimum Gasteiger partial charge on any atom is -0.423 e. The molecule has 0 amide bonds. The summed E-state index contributed by atoms with van der Waals surface area (Å²) < 4.78 is 5.03. The molecule has 0 aliphatic heterocycles. The third kappa shape index (κ3) is 3.98. The van der Waals surface area contributed by atoms with Gasteiger partial charge in [-0.05, 0) is 30.5 Å². The van der Waals surface area contributed by atoms with E-state index in [0.29, 0.717) is 5.75 Å². The molecule has 1 rings (SSSR count). The van der Waals surface area contributed by atoms with Crippen molar-refractivity contribution in [3.63, 3.8) is 0 Å². The number of carbonyl (C=O) groups excluding carboxylic acids is 1. The molecule has 0 aliphatic rings. The van der Waals surface area contributed by atoms with Crippen molar-refractivity contribution in [1.82, 2.24) is 0 Å². The summed E-state index contributed by atoms with van der Waals surface area (Å²) in [7, 11) is 0. The van der Waals surface area contributed by atoms with Crippen LogP contribution in [0, 0.1) is 0 Å². The maximum Gasteiger partial charge on any atom is 0.335 e. The zero-order valence-corrected chi connectivity index (χ0v) is 9.03. The third-order valence-corrected chi connectivity index (χ3v) is 2.10. The molecule has 0 bridgehead atoms. The maximum atomic E-state index is 11.0. The molecule has 0 spiro atoms. The van der Waals surface area contributed by atoms with Gasteiger partial charge in [0.05, 0.1) is 0 Å². The molecule has 80 valence electrons. The van der Waals surface area contributed by atoms with Crippen LogP contribution in [0.1, 0.15) is 25.3 Å². The molecule has 0 fully saturated rings. The van der Waals surface area contributed by atoms with Crippen LogP contribution >= 0.6 is 0 Å². The third-order valence-electron chi connectivity index (χ3n) is 2.10. The summed E-state index contributed by atoms with van der Waals surface area (Å²) in [6.45, 7) is 5.51. The predicted octanol–water partition coefficient (Wildman–Crippen LogP) is 3.12. The summed E-state index contributed by atoms with van der Waals surface area (Å²) in [6, 6.07) is 7.62. The van der Waals surface area contributed by atoms with E-state index >= 15 is 0 Å². The van der Waals surface area contributed by atoms with E-state index in [1.807, 2.05) is 18.2 Å². The van der Waals surface area contributed by atoms with Crippen molar-refractivity contribution in [2.75, 3.05) is 0 Å². The fourth-order valence-corrected chi connectivity index (χ4v) is 1.30. The molecular weight excluding hydrogens is 188 g/mol. The van der Waals surface area contributed by atoms with E-state index in [0.717, 1.165) is 19.3 Å². The number of rotatable bonds is 5. The highest BCUT2D eigenvalue weighted by atomic mass is 16.5. The van der Waals surface area contributed by atoms with Gasteiger partial charge in [0.2, 0.25) is 0 Å². The summed E-state index contributed by atoms with van der Waals surface area (Å²) in [5.41, 5.74) is 1.20. The first-order chi connectivity index (χ1) is 7.26. The zero-order valence-electron chi connectivity index (χ0n) is 9.03. The van der Waals surface area contributed by atoms with Crippen molar-refractivity contribution < 1.29 is 9.53 Å². The van der Waals surface area contributed by atoms with Crippen molar-refractivity contribution >= 4 is 5.97 Å². The quantitative estimate of drug-likeness (QED) is 0.418. The number of hydrogen-bond donors (Lipinski definition) is 0. The lowest BCUT2D eigenvalue weighted by atomic mass is 10.1. The van der Waals surface area contributed by atoms with Gasteiger partial charge in [-0.3, -0.25) is 0 Å². The molecule has 0 radical (unpaired) electrons. The highest BCUT2D eigenvalue weighted by Gasteiger charge is 2.00. The van der Waals surface area contributed by atoms with Gasteiger partial charge in [0, 0.05) is 6.08 Å². The minimum absolute atomic E-state index is 0.414. The van der Waals surface area contributed by atoms with Crippen molar-refractivity contribution in [1.29, 1.82) is 0 Å². The van der Waals surface area contributed by atoms with Gasteiger partial charge in [0.1, 0.15) is 5.75 Å². The number of aryl methyl sites for hydroxylation is 1. The number of carbonyl (C=O) groups is 1. The van der Waals surface area contributed by atoms with Gasteiger partial charge in [-0.2, -0.15) is 0 Å². The van der Waals surface area contributed by atoms with Crippen LogP contribution in [-0.4, -0.2) is 5.97 Å². The molecule has 2 nitrogen and oxygen atoms in total. The predicted molar refractivity (Wildman–Crippen MR) is 60.9 cm³/mol. The summed E-state index contributed by atoms with van der Waals surface area (Å²) in [5, 5.41) is 0. The van der Waals surface area contributed by atoms with E-state index in [2.05, 4.69) is 13.5 Å². The maximum absolute atomic E-state index is 11.0. The fraction of sp³-hybridized carbons (Fsp3) is 0.308. The fourth-order valence-electron chi connectivity index (χ4n) is 1.30. The van der Waals surface area contributed by atoms with Gasteiger partial charge >= 0.3 is 5.97 Å². The van der Waals surface area contributed by atoms with Crippen LogP contribution in [0.15, 0.2) is 36.9 Å². The molecule has 2 heteroatoms. The molecular formula is C13H16O2. The lowest BCUT2D eigenvalue weighted by molar-refractivity contribution is -0.128. The van der Waals surface area contributed by atoms with E-state index in [4.69, 9.17) is 4.74 Å². The second-order valence-electron chi connectivity index (χ2n) is 3.38. The van der Waals surface area contributed by atoms with Crippen molar-refractivity contribution in [2.45, 2.75) is 26.2 Å². The van der Waals surface area contributed by atoms with Gasteiger partial charge in [0.25, 0.3) is 0 Å². The van der Waals surface area contributed by atoms with Crippen LogP contribution in [0.3, 0.4) is 0 Å². The van der Waals surface area contributed by atoms with E-state index < -0.39 is 5.97 Å². The Bertz CT molecular complexity index is 342. The van der Waals surface area contributed by atoms with Crippen LogP contribution < -0.4 is 4.74 Å². The molecule has 0 N–H and O–H groups in total. The molecule has 0 saturated heterocycles. The highest BCUT2D eigenvalue weighted by Crippen LogP contribution is 2.15. The van der Waals surface area contributed by atoms with E-state index in [1.165, 1.54) is 11.6 Å². The summed E-state index contributed by atoms with van der Waals surface area (Å²) in [4.78, 5) is 11.0. The number of benzene rings is 1. The molecule has 0 unspecified atom stereocenters. The molecule has 0 aromatic heterocycles. The Morgan fingerprint density at radius 3 is 3.00 bits per heavy atom. The topological polar surface area (TPSA) is 26.3 Å². The highest BCUT2D eigenvalue weighted by molar-refractivity contribution is 5.83. The molecule has 1 aromatic rings. The monoisotopic (exact) mass is 204 g/mol. The van der Waals surface area contributed by atoms with Crippen LogP contribution in [0.2, 0.25) is 0 Å². The lowest BCUT2D eigenvalue weighted by Crippen LogP contribution is -2.03. The average Bonchev–Trinajstić information content (AvgIpc) is 2.26. The average molecular weight is 204 g/mol. The smallest absolute Gasteiger partial charge is 0.335 e. The number of hydrogen-bond acceptors (Lipinski definition) is 2. The Morgan fingerprint density at radius 2 is 2.33 bits per heavy atom. The molecule has 1 aromatic carbocycles. The molecule has 0 saturated carbocycles. The molecule has 0 atom stereocenters. The SMILES string of the molecule is C=CC(=O)Oc1cccc(CCCC)c1. The second kappa shape index (κ2) is 6.02. The summed E-state index contributed by atoms with van der Waals surface area (Å²) in [6.07, 6.45) is 4.50. The Morgan fingerprint density at radius 1 is 1.53 bits per heavy atom. The van der Waals surface area contributed by atoms with Crippen LogP contribution in [0.5, 0.6) is 5.75 Å². The second-order valence-corrected chi connectivity index (χ2v) is 3.38. The van der Waals surface area contributed by atoms with Crippen molar-refractivity contribution in [3.8, 4) is 5.75 Å². The molecule has 0 heterocycles.